The lowest BCUT2D eigenvalue weighted by Gasteiger charge is -2.29. The third kappa shape index (κ3) is 7.81. The maximum Gasteiger partial charge on any atom is 0.261 e. The second-order valence-corrected chi connectivity index (χ2v) is 9.43. The predicted octanol–water partition coefficient (Wildman–Crippen LogP) is 4.70. The Kier molecular flexibility index (Phi) is 9.32. The number of benzene rings is 2. The number of ether oxygens (including phenoxy) is 2. The Morgan fingerprint density at radius 1 is 1.03 bits per heavy atom. The molecule has 0 bridgehead atoms. The van der Waals surface area contributed by atoms with E-state index in [2.05, 4.69) is 26.1 Å². The van der Waals surface area contributed by atoms with Crippen LogP contribution < -0.4 is 14.8 Å². The summed E-state index contributed by atoms with van der Waals surface area (Å²) in [6, 6.07) is 14.6. The number of carbonyl (C=O) groups excluding carboxylic acids is 2. The van der Waals surface area contributed by atoms with E-state index in [0.29, 0.717) is 11.5 Å². The molecular formula is C27H38N2O4. The van der Waals surface area contributed by atoms with E-state index < -0.39 is 6.04 Å². The molecule has 0 aliphatic heterocycles. The van der Waals surface area contributed by atoms with Crippen LogP contribution in [0.2, 0.25) is 0 Å². The highest BCUT2D eigenvalue weighted by Crippen LogP contribution is 2.24. The Morgan fingerprint density at radius 3 is 2.27 bits per heavy atom. The fourth-order valence-corrected chi connectivity index (χ4v) is 3.29. The molecule has 2 aromatic carbocycles. The van der Waals surface area contributed by atoms with Gasteiger partial charge < -0.3 is 19.7 Å². The van der Waals surface area contributed by atoms with E-state index in [4.69, 9.17) is 9.47 Å². The highest BCUT2D eigenvalue weighted by molar-refractivity contribution is 5.88. The van der Waals surface area contributed by atoms with Crippen molar-refractivity contribution < 1.29 is 19.1 Å². The molecule has 0 spiro atoms. The number of amides is 2. The van der Waals surface area contributed by atoms with Gasteiger partial charge in [-0.25, -0.2) is 0 Å². The normalized spacial score (nSPS) is 13.1. The van der Waals surface area contributed by atoms with Crippen molar-refractivity contribution in [3.63, 3.8) is 0 Å². The molecule has 0 radical (unpaired) electrons. The van der Waals surface area contributed by atoms with Crippen molar-refractivity contribution in [2.24, 2.45) is 0 Å². The molecule has 2 rings (SSSR count). The number of hydrogen-bond donors (Lipinski definition) is 1. The lowest BCUT2D eigenvalue weighted by molar-refractivity contribution is -0.142. The summed E-state index contributed by atoms with van der Waals surface area (Å²) in [6.45, 7) is 12.3. The van der Waals surface area contributed by atoms with E-state index >= 15 is 0 Å². The second kappa shape index (κ2) is 11.7. The average Bonchev–Trinajstić information content (AvgIpc) is 2.80. The number of hydrogen-bond acceptors (Lipinski definition) is 4. The van der Waals surface area contributed by atoms with Crippen LogP contribution in [-0.2, 0) is 21.5 Å². The summed E-state index contributed by atoms with van der Waals surface area (Å²) in [5, 5.41) is 2.97. The van der Waals surface area contributed by atoms with Gasteiger partial charge in [-0.15, -0.1) is 0 Å². The van der Waals surface area contributed by atoms with Gasteiger partial charge in [0.15, 0.2) is 6.61 Å². The van der Waals surface area contributed by atoms with Gasteiger partial charge in [0.05, 0.1) is 7.11 Å². The van der Waals surface area contributed by atoms with Gasteiger partial charge in [-0.3, -0.25) is 9.59 Å². The van der Waals surface area contributed by atoms with Crippen LogP contribution in [0.4, 0.5) is 0 Å². The summed E-state index contributed by atoms with van der Waals surface area (Å²) in [7, 11) is 1.60. The van der Waals surface area contributed by atoms with Gasteiger partial charge >= 0.3 is 0 Å². The monoisotopic (exact) mass is 454 g/mol. The topological polar surface area (TPSA) is 67.9 Å². The maximum absolute atomic E-state index is 13.2. The zero-order valence-corrected chi connectivity index (χ0v) is 21.0. The quantitative estimate of drug-likeness (QED) is 0.565. The minimum absolute atomic E-state index is 0.0336. The largest absolute Gasteiger partial charge is 0.497 e. The van der Waals surface area contributed by atoms with Gasteiger partial charge in [-0.2, -0.15) is 0 Å². The first-order chi connectivity index (χ1) is 15.5. The number of carbonyl (C=O) groups is 2. The number of methoxy groups -OCH3 is 1. The van der Waals surface area contributed by atoms with Gasteiger partial charge in [0, 0.05) is 12.6 Å². The fraction of sp³-hybridized carbons (Fsp3) is 0.481. The van der Waals surface area contributed by atoms with Gasteiger partial charge in [-0.1, -0.05) is 52.0 Å². The number of nitrogens with zero attached hydrogens (tertiary/aromatic N) is 1. The fourth-order valence-electron chi connectivity index (χ4n) is 3.29. The average molecular weight is 455 g/mol. The van der Waals surface area contributed by atoms with Crippen LogP contribution in [-0.4, -0.2) is 42.5 Å². The van der Waals surface area contributed by atoms with Gasteiger partial charge in [0.1, 0.15) is 17.5 Å². The lowest BCUT2D eigenvalue weighted by atomic mass is 9.87. The van der Waals surface area contributed by atoms with E-state index in [9.17, 15) is 9.59 Å². The molecule has 6 heteroatoms. The Labute approximate surface area is 198 Å². The molecule has 0 saturated carbocycles. The standard InChI is InChI=1S/C27H38N2O4/c1-8-19(2)28-26(31)20(3)29(17-21-10-9-11-24(16-21)32-7)25(30)18-33-23-14-12-22(13-15-23)27(4,5)6/h9-16,19-20H,8,17-18H2,1-7H3,(H,28,31)/t19-,20+/m1/s1. The van der Waals surface area contributed by atoms with Crippen molar-refractivity contribution in [3.8, 4) is 11.5 Å². The van der Waals surface area contributed by atoms with Crippen LogP contribution >= 0.6 is 0 Å². The van der Waals surface area contributed by atoms with Crippen LogP contribution in [0.1, 0.15) is 59.1 Å². The summed E-state index contributed by atoms with van der Waals surface area (Å²) in [6.07, 6.45) is 0.815. The van der Waals surface area contributed by atoms with Crippen LogP contribution in [0.5, 0.6) is 11.5 Å². The van der Waals surface area contributed by atoms with E-state index in [1.165, 1.54) is 5.56 Å². The Balaban J connectivity index is 2.16. The van der Waals surface area contributed by atoms with Crippen molar-refractivity contribution in [1.29, 1.82) is 0 Å². The van der Waals surface area contributed by atoms with E-state index in [0.717, 1.165) is 12.0 Å². The SMILES string of the molecule is CC[C@@H](C)NC(=O)[C@H](C)N(Cc1cccc(OC)c1)C(=O)COc1ccc(C(C)(C)C)cc1. The third-order valence-electron chi connectivity index (χ3n) is 5.74. The van der Waals surface area contributed by atoms with Crippen molar-refractivity contribution in [2.75, 3.05) is 13.7 Å². The minimum atomic E-state index is -0.649. The number of rotatable bonds is 10. The van der Waals surface area contributed by atoms with Crippen LogP contribution in [0, 0.1) is 0 Å². The van der Waals surface area contributed by atoms with Crippen LogP contribution in [0.15, 0.2) is 48.5 Å². The first-order valence-corrected chi connectivity index (χ1v) is 11.5. The molecule has 6 nitrogen and oxygen atoms in total. The van der Waals surface area contributed by atoms with Crippen molar-refractivity contribution in [2.45, 2.75) is 72.0 Å². The Bertz CT molecular complexity index is 918. The van der Waals surface area contributed by atoms with Gasteiger partial charge in [-0.05, 0) is 61.1 Å². The summed E-state index contributed by atoms with van der Waals surface area (Å²) in [4.78, 5) is 27.6. The highest BCUT2D eigenvalue weighted by Gasteiger charge is 2.27. The summed E-state index contributed by atoms with van der Waals surface area (Å²) < 4.78 is 11.1. The Morgan fingerprint density at radius 2 is 1.70 bits per heavy atom. The van der Waals surface area contributed by atoms with Crippen molar-refractivity contribution in [1.82, 2.24) is 10.2 Å². The molecule has 1 N–H and O–H groups in total. The molecule has 2 amide bonds. The summed E-state index contributed by atoms with van der Waals surface area (Å²) in [5.74, 6) is 0.876. The molecule has 33 heavy (non-hydrogen) atoms. The molecule has 0 heterocycles. The van der Waals surface area contributed by atoms with Gasteiger partial charge in [0.25, 0.3) is 5.91 Å². The van der Waals surface area contributed by atoms with E-state index in [1.54, 1.807) is 18.9 Å². The number of nitrogens with one attached hydrogen (secondary N) is 1. The molecule has 2 atom stereocenters. The molecule has 0 saturated heterocycles. The lowest BCUT2D eigenvalue weighted by Crippen LogP contribution is -2.50. The summed E-state index contributed by atoms with van der Waals surface area (Å²) in [5.41, 5.74) is 2.11. The van der Waals surface area contributed by atoms with Crippen molar-refractivity contribution in [3.05, 3.63) is 59.7 Å². The second-order valence-electron chi connectivity index (χ2n) is 9.43. The zero-order chi connectivity index (χ0) is 24.6. The smallest absolute Gasteiger partial charge is 0.261 e. The molecule has 0 aliphatic rings. The molecule has 0 aliphatic carbocycles. The van der Waals surface area contributed by atoms with E-state index in [-0.39, 0.29) is 36.4 Å². The van der Waals surface area contributed by atoms with Gasteiger partial charge in [0.2, 0.25) is 5.91 Å². The molecule has 0 unspecified atom stereocenters. The molecule has 0 fully saturated rings. The first kappa shape index (κ1) is 26.2. The Hall–Kier alpha value is -3.02. The zero-order valence-electron chi connectivity index (χ0n) is 21.0. The molecule has 180 valence electrons. The van der Waals surface area contributed by atoms with Crippen LogP contribution in [0.3, 0.4) is 0 Å². The highest BCUT2D eigenvalue weighted by atomic mass is 16.5. The third-order valence-corrected chi connectivity index (χ3v) is 5.74. The molecular weight excluding hydrogens is 416 g/mol. The van der Waals surface area contributed by atoms with Crippen molar-refractivity contribution >= 4 is 11.8 Å². The minimum Gasteiger partial charge on any atom is -0.497 e. The molecule has 0 aromatic heterocycles. The molecule has 2 aromatic rings. The maximum atomic E-state index is 13.2. The predicted molar refractivity (Wildman–Crippen MR) is 132 cm³/mol. The van der Waals surface area contributed by atoms with E-state index in [1.807, 2.05) is 62.4 Å². The summed E-state index contributed by atoms with van der Waals surface area (Å²) >= 11 is 0. The first-order valence-electron chi connectivity index (χ1n) is 11.5. The van der Waals surface area contributed by atoms with Crippen LogP contribution in [0.25, 0.3) is 0 Å².